The van der Waals surface area contributed by atoms with E-state index in [2.05, 4.69) is 150 Å². The van der Waals surface area contributed by atoms with Gasteiger partial charge in [0.2, 0.25) is 0 Å². The summed E-state index contributed by atoms with van der Waals surface area (Å²) in [6, 6.07) is 31.7. The predicted octanol–water partition coefficient (Wildman–Crippen LogP) is 11.9. The van der Waals surface area contributed by atoms with Gasteiger partial charge in [0.15, 0.2) is 0 Å². The summed E-state index contributed by atoms with van der Waals surface area (Å²) in [6.45, 7) is 0. The normalized spacial score (nSPS) is 19.8. The predicted molar refractivity (Wildman–Crippen MR) is 178 cm³/mol. The third kappa shape index (κ3) is 4.17. The summed E-state index contributed by atoms with van der Waals surface area (Å²) in [5.74, 6) is 0. The quantitative estimate of drug-likeness (QED) is 0.180. The van der Waals surface area contributed by atoms with E-state index in [0.29, 0.717) is 7.35 Å². The first kappa shape index (κ1) is 26.9. The van der Waals surface area contributed by atoms with Gasteiger partial charge in [-0.15, -0.1) is 0 Å². The Bertz CT molecular complexity index is 1640. The van der Waals surface area contributed by atoms with Gasteiger partial charge in [-0.05, 0) is 0 Å². The van der Waals surface area contributed by atoms with Crippen molar-refractivity contribution in [1.82, 2.24) is 0 Å². The summed E-state index contributed by atoms with van der Waals surface area (Å²) >= 11 is 3.35. The first-order valence-corrected chi connectivity index (χ1v) is 29.2. The molecule has 4 aromatic carbocycles. The van der Waals surface area contributed by atoms with Crippen LogP contribution in [0.5, 0.6) is 0 Å². The maximum absolute atomic E-state index is 3.89. The average Bonchev–Trinajstić information content (AvgIpc) is 3.74. The van der Waals surface area contributed by atoms with Gasteiger partial charge in [-0.1, -0.05) is 0 Å². The molecule has 0 saturated heterocycles. The molecule has 200 valence electrons. The van der Waals surface area contributed by atoms with Crippen LogP contribution in [0.15, 0.2) is 106 Å². The number of fused-ring (bicyclic) bond motifs is 2. The fraction of sp³-hybridized carbons (Fsp3) is 0.216. The number of halogens is 2. The van der Waals surface area contributed by atoms with Gasteiger partial charge in [-0.2, -0.15) is 0 Å². The van der Waals surface area contributed by atoms with Crippen LogP contribution < -0.4 is 0 Å². The zero-order valence-electron chi connectivity index (χ0n) is 23.1. The average molecular weight is 817 g/mol. The van der Waals surface area contributed by atoms with E-state index in [-0.39, 0.29) is 0 Å². The van der Waals surface area contributed by atoms with Crippen LogP contribution in [0, 0.1) is 0 Å². The van der Waals surface area contributed by atoms with E-state index in [1.54, 1.807) is 11.1 Å². The number of allylic oxidation sites excluding steroid dienone is 2. The summed E-state index contributed by atoms with van der Waals surface area (Å²) < 4.78 is 10.9. The van der Waals surface area contributed by atoms with Crippen molar-refractivity contribution in [2.75, 3.05) is 0 Å². The molecule has 0 amide bonds. The minimum atomic E-state index is -3.89. The molecule has 3 aliphatic rings. The molecule has 0 aliphatic heterocycles. The van der Waals surface area contributed by atoms with E-state index >= 15 is 0 Å². The summed E-state index contributed by atoms with van der Waals surface area (Å²) in [7, 11) is 0. The SMILES string of the molecule is [CH3][Hf]([CH3])(=[C]1CCCC1)([CH]1C=Cc2c(-c3ccc(Br)cc3)cccc21)[CH]1C=Cc2c(-c3ccc(Br)cc3)cccc21. The Labute approximate surface area is 256 Å². The summed E-state index contributed by atoms with van der Waals surface area (Å²) in [5, 5.41) is 0. The Morgan fingerprint density at radius 1 is 0.575 bits per heavy atom. The first-order valence-electron chi connectivity index (χ1n) is 14.5. The molecule has 3 heteroatoms. The molecule has 0 nitrogen and oxygen atoms in total. The van der Waals surface area contributed by atoms with Gasteiger partial charge in [-0.25, -0.2) is 0 Å². The van der Waals surface area contributed by atoms with Crippen LogP contribution in [-0.2, 0) is 18.0 Å². The second-order valence-corrected chi connectivity index (χ2v) is 40.3. The van der Waals surface area contributed by atoms with Gasteiger partial charge in [0.25, 0.3) is 0 Å². The molecule has 2 unspecified atom stereocenters. The molecule has 40 heavy (non-hydrogen) atoms. The van der Waals surface area contributed by atoms with Gasteiger partial charge in [0, 0.05) is 0 Å². The van der Waals surface area contributed by atoms with Gasteiger partial charge in [0.1, 0.15) is 0 Å². The van der Waals surface area contributed by atoms with Crippen molar-refractivity contribution >= 4 is 47.3 Å². The van der Waals surface area contributed by atoms with Crippen molar-refractivity contribution in [2.24, 2.45) is 0 Å². The van der Waals surface area contributed by atoms with Gasteiger partial charge in [-0.3, -0.25) is 0 Å². The molecule has 4 aromatic rings. The monoisotopic (exact) mass is 816 g/mol. The van der Waals surface area contributed by atoms with Gasteiger partial charge >= 0.3 is 258 Å². The molecule has 3 aliphatic carbocycles. The van der Waals surface area contributed by atoms with Crippen LogP contribution >= 0.6 is 31.9 Å². The number of hydrogen-bond donors (Lipinski definition) is 0. The molecule has 7 rings (SSSR count). The van der Waals surface area contributed by atoms with Crippen molar-refractivity contribution < 1.29 is 18.0 Å². The van der Waals surface area contributed by atoms with E-state index in [1.807, 2.05) is 3.26 Å². The minimum absolute atomic E-state index is 0.521. The molecular weight excluding hydrogens is 783 g/mol. The third-order valence-corrected chi connectivity index (χ3v) is 38.6. The topological polar surface area (TPSA) is 0 Å². The fourth-order valence-corrected chi connectivity index (χ4v) is 33.9. The Hall–Kier alpha value is -1.94. The third-order valence-electron chi connectivity index (χ3n) is 10.4. The molecule has 0 aromatic heterocycles. The van der Waals surface area contributed by atoms with Crippen LogP contribution in [0.1, 0.15) is 55.3 Å². The molecule has 1 saturated carbocycles. The molecule has 0 N–H and O–H groups in total. The standard InChI is InChI=1S/2C15H10Br.C5H8.2CH3.Hf/c2*16-13-9-7-12(8-10-13)15-6-2-4-11-3-1-5-14(11)15;1-2-4-5-3-1;;;/h2*1-10H;1-4H2;2*1H3;. The van der Waals surface area contributed by atoms with E-state index in [1.165, 1.54) is 59.1 Å². The first-order chi connectivity index (χ1) is 19.3. The van der Waals surface area contributed by atoms with E-state index in [0.717, 1.165) is 8.95 Å². The van der Waals surface area contributed by atoms with Crippen molar-refractivity contribution in [2.45, 2.75) is 42.4 Å². The number of benzene rings is 4. The van der Waals surface area contributed by atoms with Crippen molar-refractivity contribution in [1.29, 1.82) is 0 Å². The summed E-state index contributed by atoms with van der Waals surface area (Å²) in [4.78, 5) is 0. The van der Waals surface area contributed by atoms with E-state index in [4.69, 9.17) is 0 Å². The molecule has 0 bridgehead atoms. The van der Waals surface area contributed by atoms with Crippen molar-refractivity contribution in [3.63, 3.8) is 0 Å². The second kappa shape index (κ2) is 10.1. The number of rotatable bonds is 4. The van der Waals surface area contributed by atoms with Crippen LogP contribution in [0.4, 0.5) is 0 Å². The Balaban J connectivity index is 1.41. The van der Waals surface area contributed by atoms with Crippen LogP contribution in [0.3, 0.4) is 0 Å². The van der Waals surface area contributed by atoms with Crippen molar-refractivity contribution in [3.8, 4) is 22.3 Å². The fourth-order valence-electron chi connectivity index (χ4n) is 8.21. The van der Waals surface area contributed by atoms with Crippen LogP contribution in [0.25, 0.3) is 34.4 Å². The van der Waals surface area contributed by atoms with Gasteiger partial charge < -0.3 is 0 Å². The van der Waals surface area contributed by atoms with Gasteiger partial charge in [0.05, 0.1) is 0 Å². The van der Waals surface area contributed by atoms with Crippen LogP contribution in [0.2, 0.25) is 9.36 Å². The second-order valence-electron chi connectivity index (χ2n) is 12.7. The van der Waals surface area contributed by atoms with E-state index < -0.39 is 18.0 Å². The zero-order chi connectivity index (χ0) is 27.5. The molecule has 0 radical (unpaired) electrons. The molecule has 2 atom stereocenters. The summed E-state index contributed by atoms with van der Waals surface area (Å²) in [6.07, 6.45) is 15.5. The number of hydrogen-bond acceptors (Lipinski definition) is 0. The molecule has 0 spiro atoms. The maximum atomic E-state index is 3.62. The molecule has 0 heterocycles. The molecule has 1 fully saturated rings. The van der Waals surface area contributed by atoms with Crippen molar-refractivity contribution in [3.05, 3.63) is 128 Å². The summed E-state index contributed by atoms with van der Waals surface area (Å²) in [5.41, 5.74) is 11.3. The molecular formula is C37H34Br2Hf. The Morgan fingerprint density at radius 3 is 1.43 bits per heavy atom. The Kier molecular flexibility index (Phi) is 6.80. The van der Waals surface area contributed by atoms with E-state index in [9.17, 15) is 0 Å². The zero-order valence-corrected chi connectivity index (χ0v) is 29.9. The Morgan fingerprint density at radius 2 is 1.00 bits per heavy atom. The van der Waals surface area contributed by atoms with Crippen LogP contribution in [-0.4, -0.2) is 3.26 Å².